The zero-order valence-corrected chi connectivity index (χ0v) is 12.2. The summed E-state index contributed by atoms with van der Waals surface area (Å²) >= 11 is 3.36. The van der Waals surface area contributed by atoms with Crippen LogP contribution in [-0.4, -0.2) is 38.0 Å². The van der Waals surface area contributed by atoms with Crippen molar-refractivity contribution >= 4 is 22.0 Å². The number of nitrogens with zero attached hydrogens (tertiary/aromatic N) is 3. The molecule has 0 saturated heterocycles. The minimum atomic E-state index is -0.896. The third kappa shape index (κ3) is 3.73. The average Bonchev–Trinajstić information content (AvgIpc) is 2.43. The lowest BCUT2D eigenvalue weighted by atomic mass is 10.1. The van der Waals surface area contributed by atoms with Crippen molar-refractivity contribution in [3.63, 3.8) is 0 Å². The molecular formula is C11H18BrN3O2. The largest absolute Gasteiger partial charge is 0.465 e. The monoisotopic (exact) mass is 303 g/mol. The van der Waals surface area contributed by atoms with Gasteiger partial charge in [0.25, 0.3) is 0 Å². The standard InChI is InChI=1S/C11H18BrN3O2/c1-11(2,3)15(10(16)17)6-5-8-7-9(12)14(4)13-8/h7H,5-6H2,1-4H3,(H,16,17). The maximum Gasteiger partial charge on any atom is 0.407 e. The zero-order valence-electron chi connectivity index (χ0n) is 10.6. The van der Waals surface area contributed by atoms with E-state index in [1.54, 1.807) is 4.68 Å². The van der Waals surface area contributed by atoms with Crippen LogP contribution in [-0.2, 0) is 13.5 Å². The van der Waals surface area contributed by atoms with Crippen molar-refractivity contribution in [1.82, 2.24) is 14.7 Å². The van der Waals surface area contributed by atoms with E-state index in [2.05, 4.69) is 21.0 Å². The van der Waals surface area contributed by atoms with E-state index in [0.717, 1.165) is 10.3 Å². The number of hydrogen-bond donors (Lipinski definition) is 1. The molecule has 0 bridgehead atoms. The summed E-state index contributed by atoms with van der Waals surface area (Å²) in [6, 6.07) is 1.91. The molecule has 0 unspecified atom stereocenters. The van der Waals surface area contributed by atoms with Crippen molar-refractivity contribution in [2.45, 2.75) is 32.7 Å². The Labute approximate surface area is 110 Å². The van der Waals surface area contributed by atoms with Gasteiger partial charge in [0.05, 0.1) is 5.69 Å². The molecule has 1 aromatic rings. The van der Waals surface area contributed by atoms with Crippen molar-refractivity contribution in [3.8, 4) is 0 Å². The van der Waals surface area contributed by atoms with Crippen molar-refractivity contribution in [3.05, 3.63) is 16.4 Å². The summed E-state index contributed by atoms with van der Waals surface area (Å²) in [6.45, 7) is 6.10. The summed E-state index contributed by atoms with van der Waals surface area (Å²) < 4.78 is 2.61. The lowest BCUT2D eigenvalue weighted by Gasteiger charge is -2.32. The van der Waals surface area contributed by atoms with Gasteiger partial charge in [0.1, 0.15) is 4.60 Å². The molecule has 0 aliphatic rings. The molecule has 1 aromatic heterocycles. The van der Waals surface area contributed by atoms with Crippen LogP contribution in [0.5, 0.6) is 0 Å². The van der Waals surface area contributed by atoms with Crippen LogP contribution in [0.4, 0.5) is 4.79 Å². The van der Waals surface area contributed by atoms with Gasteiger partial charge >= 0.3 is 6.09 Å². The molecular weight excluding hydrogens is 286 g/mol. The summed E-state index contributed by atoms with van der Waals surface area (Å²) in [5.41, 5.74) is 0.493. The van der Waals surface area contributed by atoms with E-state index in [-0.39, 0.29) is 0 Å². The second-order valence-corrected chi connectivity index (χ2v) is 5.75. The molecule has 0 aliphatic heterocycles. The highest BCUT2D eigenvalue weighted by atomic mass is 79.9. The Morgan fingerprint density at radius 2 is 2.18 bits per heavy atom. The minimum Gasteiger partial charge on any atom is -0.465 e. The van der Waals surface area contributed by atoms with Crippen LogP contribution in [0.1, 0.15) is 26.5 Å². The van der Waals surface area contributed by atoms with Crippen LogP contribution in [0.15, 0.2) is 10.7 Å². The first kappa shape index (κ1) is 14.0. The summed E-state index contributed by atoms with van der Waals surface area (Å²) in [6.07, 6.45) is -0.282. The molecule has 0 spiro atoms. The molecule has 0 atom stereocenters. The van der Waals surface area contributed by atoms with E-state index in [9.17, 15) is 4.79 Å². The number of rotatable bonds is 3. The van der Waals surface area contributed by atoms with Crippen LogP contribution < -0.4 is 0 Å². The van der Waals surface area contributed by atoms with Gasteiger partial charge in [0.2, 0.25) is 0 Å². The Morgan fingerprint density at radius 1 is 1.59 bits per heavy atom. The van der Waals surface area contributed by atoms with E-state index < -0.39 is 11.6 Å². The number of carboxylic acid groups (broad SMARTS) is 1. The van der Waals surface area contributed by atoms with Crippen LogP contribution in [0.3, 0.4) is 0 Å². The van der Waals surface area contributed by atoms with Crippen molar-refractivity contribution in [1.29, 1.82) is 0 Å². The number of halogens is 1. The van der Waals surface area contributed by atoms with E-state index in [4.69, 9.17) is 5.11 Å². The van der Waals surface area contributed by atoms with E-state index >= 15 is 0 Å². The molecule has 6 heteroatoms. The second kappa shape index (κ2) is 5.08. The van der Waals surface area contributed by atoms with Crippen LogP contribution in [0.25, 0.3) is 0 Å². The highest BCUT2D eigenvalue weighted by molar-refractivity contribution is 9.10. The maximum absolute atomic E-state index is 11.1. The molecule has 96 valence electrons. The Balaban J connectivity index is 2.68. The Morgan fingerprint density at radius 3 is 2.53 bits per heavy atom. The number of carbonyl (C=O) groups is 1. The Hall–Kier alpha value is -1.04. The first-order valence-electron chi connectivity index (χ1n) is 5.41. The lowest BCUT2D eigenvalue weighted by Crippen LogP contribution is -2.45. The topological polar surface area (TPSA) is 58.4 Å². The third-order valence-electron chi connectivity index (χ3n) is 2.51. The second-order valence-electron chi connectivity index (χ2n) is 4.94. The van der Waals surface area contributed by atoms with Gasteiger partial charge in [-0.25, -0.2) is 4.79 Å². The zero-order chi connectivity index (χ0) is 13.2. The van der Waals surface area contributed by atoms with Crippen LogP contribution in [0.2, 0.25) is 0 Å². The maximum atomic E-state index is 11.1. The molecule has 1 rings (SSSR count). The molecule has 5 nitrogen and oxygen atoms in total. The molecule has 0 aromatic carbocycles. The summed E-state index contributed by atoms with van der Waals surface area (Å²) in [4.78, 5) is 12.6. The number of aryl methyl sites for hydroxylation is 1. The van der Waals surface area contributed by atoms with Gasteiger partial charge in [0, 0.05) is 25.6 Å². The first-order chi connectivity index (χ1) is 7.71. The first-order valence-corrected chi connectivity index (χ1v) is 6.20. The molecule has 1 amide bonds. The molecule has 0 saturated carbocycles. The molecule has 1 heterocycles. The summed E-state index contributed by atoms with van der Waals surface area (Å²) in [7, 11) is 1.84. The van der Waals surface area contributed by atoms with E-state index in [1.165, 1.54) is 4.90 Å². The molecule has 17 heavy (non-hydrogen) atoms. The van der Waals surface area contributed by atoms with Gasteiger partial charge in [-0.15, -0.1) is 0 Å². The fourth-order valence-corrected chi connectivity index (χ4v) is 1.91. The lowest BCUT2D eigenvalue weighted by molar-refractivity contribution is 0.101. The van der Waals surface area contributed by atoms with Gasteiger partial charge < -0.3 is 10.0 Å². The fraction of sp³-hybridized carbons (Fsp3) is 0.636. The fourth-order valence-electron chi connectivity index (χ4n) is 1.57. The number of hydrogen-bond acceptors (Lipinski definition) is 2. The van der Waals surface area contributed by atoms with Gasteiger partial charge in [0.15, 0.2) is 0 Å². The van der Waals surface area contributed by atoms with Crippen molar-refractivity contribution in [2.75, 3.05) is 6.54 Å². The van der Waals surface area contributed by atoms with Crippen molar-refractivity contribution < 1.29 is 9.90 Å². The van der Waals surface area contributed by atoms with Crippen LogP contribution >= 0.6 is 15.9 Å². The van der Waals surface area contributed by atoms with Gasteiger partial charge in [-0.1, -0.05) is 0 Å². The normalized spacial score (nSPS) is 11.6. The predicted molar refractivity (Wildman–Crippen MR) is 69.1 cm³/mol. The summed E-state index contributed by atoms with van der Waals surface area (Å²) in [5, 5.41) is 13.4. The molecule has 0 aliphatic carbocycles. The Kier molecular flexibility index (Phi) is 4.19. The Bertz CT molecular complexity index is 390. The predicted octanol–water partition coefficient (Wildman–Crippen LogP) is 2.50. The van der Waals surface area contributed by atoms with E-state index in [0.29, 0.717) is 13.0 Å². The number of aromatic nitrogens is 2. The van der Waals surface area contributed by atoms with E-state index in [1.807, 2.05) is 33.9 Å². The number of amides is 1. The summed E-state index contributed by atoms with van der Waals surface area (Å²) in [5.74, 6) is 0. The highest BCUT2D eigenvalue weighted by Gasteiger charge is 2.25. The van der Waals surface area contributed by atoms with Crippen molar-refractivity contribution in [2.24, 2.45) is 7.05 Å². The van der Waals surface area contributed by atoms with Gasteiger partial charge in [-0.3, -0.25) is 4.68 Å². The molecule has 0 radical (unpaired) electrons. The van der Waals surface area contributed by atoms with Crippen LogP contribution in [0, 0.1) is 0 Å². The molecule has 1 N–H and O–H groups in total. The smallest absolute Gasteiger partial charge is 0.407 e. The SMILES string of the molecule is Cn1nc(CCN(C(=O)O)C(C)(C)C)cc1Br. The van der Waals surface area contributed by atoms with Gasteiger partial charge in [-0.2, -0.15) is 5.10 Å². The third-order valence-corrected chi connectivity index (χ3v) is 3.25. The molecule has 0 fully saturated rings. The van der Waals surface area contributed by atoms with Gasteiger partial charge in [-0.05, 0) is 42.8 Å². The minimum absolute atomic E-state index is 0.391. The quantitative estimate of drug-likeness (QED) is 0.933. The average molecular weight is 304 g/mol. The highest BCUT2D eigenvalue weighted by Crippen LogP contribution is 2.16.